The first kappa shape index (κ1) is 20.6. The second kappa shape index (κ2) is 9.85. The zero-order valence-electron chi connectivity index (χ0n) is 17.6. The molecule has 0 N–H and O–H groups in total. The van der Waals surface area contributed by atoms with Gasteiger partial charge in [-0.1, -0.05) is 87.3 Å². The van der Waals surface area contributed by atoms with Crippen molar-refractivity contribution in [1.29, 1.82) is 0 Å². The molecule has 0 bridgehead atoms. The Morgan fingerprint density at radius 1 is 1.04 bits per heavy atom. The van der Waals surface area contributed by atoms with E-state index in [1.807, 2.05) is 0 Å². The Bertz CT molecular complexity index is 781. The summed E-state index contributed by atoms with van der Waals surface area (Å²) < 4.78 is 0. The lowest BCUT2D eigenvalue weighted by atomic mass is 9.67. The Balaban J connectivity index is 1.73. The minimum absolute atomic E-state index is 0.325. The van der Waals surface area contributed by atoms with Gasteiger partial charge in [-0.3, -0.25) is 0 Å². The highest BCUT2D eigenvalue weighted by Crippen LogP contribution is 2.39. The second-order valence-electron chi connectivity index (χ2n) is 8.48. The van der Waals surface area contributed by atoms with Crippen molar-refractivity contribution in [3.63, 3.8) is 0 Å². The molecule has 0 aromatic heterocycles. The zero-order valence-corrected chi connectivity index (χ0v) is 17.6. The highest BCUT2D eigenvalue weighted by atomic mass is 14.4. The zero-order chi connectivity index (χ0) is 19.8. The number of terminal acetylenes is 1. The molecule has 2 aliphatic carbocycles. The van der Waals surface area contributed by atoms with E-state index in [9.17, 15) is 0 Å². The van der Waals surface area contributed by atoms with Gasteiger partial charge in [-0.25, -0.2) is 0 Å². The highest BCUT2D eigenvalue weighted by molar-refractivity contribution is 5.48. The van der Waals surface area contributed by atoms with E-state index in [0.717, 1.165) is 17.9 Å². The largest absolute Gasteiger partial charge is 0.119 e. The van der Waals surface area contributed by atoms with Gasteiger partial charge >= 0.3 is 0 Å². The Hall–Kier alpha value is -2.18. The Morgan fingerprint density at radius 3 is 2.43 bits per heavy atom. The minimum atomic E-state index is -0.325. The van der Waals surface area contributed by atoms with Crippen LogP contribution in [0, 0.1) is 41.9 Å². The van der Waals surface area contributed by atoms with E-state index in [0.29, 0.717) is 11.8 Å². The topological polar surface area (TPSA) is 0 Å². The van der Waals surface area contributed by atoms with E-state index < -0.39 is 0 Å². The molecule has 0 saturated heterocycles. The predicted molar refractivity (Wildman–Crippen MR) is 121 cm³/mol. The molecule has 28 heavy (non-hydrogen) atoms. The lowest BCUT2D eigenvalue weighted by Gasteiger charge is -2.35. The van der Waals surface area contributed by atoms with Crippen LogP contribution in [0.4, 0.5) is 0 Å². The summed E-state index contributed by atoms with van der Waals surface area (Å²) in [5.41, 5.74) is 1.99. The van der Waals surface area contributed by atoms with Crippen molar-refractivity contribution < 1.29 is 0 Å². The third kappa shape index (κ3) is 4.62. The van der Waals surface area contributed by atoms with Crippen molar-refractivity contribution in [2.75, 3.05) is 0 Å². The molecule has 146 valence electrons. The van der Waals surface area contributed by atoms with Crippen molar-refractivity contribution in [2.24, 2.45) is 17.8 Å². The average Bonchev–Trinajstić information content (AvgIpc) is 2.77. The van der Waals surface area contributed by atoms with Crippen molar-refractivity contribution in [1.82, 2.24) is 0 Å². The lowest BCUT2D eigenvalue weighted by molar-refractivity contribution is 0.309. The number of hydrogen-bond acceptors (Lipinski definition) is 0. The van der Waals surface area contributed by atoms with E-state index in [1.54, 1.807) is 0 Å². The monoisotopic (exact) mass is 370 g/mol. The van der Waals surface area contributed by atoms with Gasteiger partial charge in [0.25, 0.3) is 0 Å². The minimum Gasteiger partial charge on any atom is -0.119 e. The molecule has 1 aromatic rings. The second-order valence-corrected chi connectivity index (χ2v) is 8.48. The van der Waals surface area contributed by atoms with Gasteiger partial charge in [0.05, 0.1) is 5.41 Å². The maximum absolute atomic E-state index is 6.09. The summed E-state index contributed by atoms with van der Waals surface area (Å²) >= 11 is 0. The number of benzene rings is 1. The average molecular weight is 371 g/mol. The predicted octanol–water partition coefficient (Wildman–Crippen LogP) is 7.06. The van der Waals surface area contributed by atoms with Gasteiger partial charge < -0.3 is 0 Å². The summed E-state index contributed by atoms with van der Waals surface area (Å²) in [7, 11) is 0. The number of allylic oxidation sites excluding steroid dienone is 4. The molecule has 1 aromatic carbocycles. The van der Waals surface area contributed by atoms with Crippen LogP contribution in [0.15, 0.2) is 48.6 Å². The van der Waals surface area contributed by atoms with Crippen LogP contribution in [-0.2, 0) is 5.41 Å². The quantitative estimate of drug-likeness (QED) is 0.487. The maximum Gasteiger partial charge on any atom is 0.0805 e. The summed E-state index contributed by atoms with van der Waals surface area (Å²) in [6.07, 6.45) is 24.9. The molecule has 0 heteroatoms. The van der Waals surface area contributed by atoms with Crippen LogP contribution < -0.4 is 0 Å². The van der Waals surface area contributed by atoms with Gasteiger partial charge in [0.1, 0.15) is 0 Å². The molecule has 0 heterocycles. The normalized spacial score (nSPS) is 29.0. The first-order valence-corrected chi connectivity index (χ1v) is 11.2. The molecule has 1 fully saturated rings. The van der Waals surface area contributed by atoms with Crippen LogP contribution in [0.5, 0.6) is 0 Å². The molecule has 0 spiro atoms. The van der Waals surface area contributed by atoms with Gasteiger partial charge in [-0.05, 0) is 55.7 Å². The third-order valence-corrected chi connectivity index (χ3v) is 6.71. The van der Waals surface area contributed by atoms with Crippen molar-refractivity contribution in [3.05, 3.63) is 59.7 Å². The summed E-state index contributed by atoms with van der Waals surface area (Å²) in [4.78, 5) is 0. The molecule has 3 rings (SSSR count). The van der Waals surface area contributed by atoms with E-state index in [1.165, 1.54) is 50.5 Å². The maximum atomic E-state index is 6.09. The molecule has 1 saturated carbocycles. The molecule has 0 radical (unpaired) electrons. The fourth-order valence-corrected chi connectivity index (χ4v) is 4.71. The molecule has 2 atom stereocenters. The molecule has 0 aliphatic heterocycles. The van der Waals surface area contributed by atoms with Crippen LogP contribution in [0.25, 0.3) is 0 Å². The van der Waals surface area contributed by atoms with E-state index in [2.05, 4.69) is 80.2 Å². The Morgan fingerprint density at radius 2 is 1.79 bits per heavy atom. The van der Waals surface area contributed by atoms with E-state index in [4.69, 9.17) is 6.42 Å². The molecule has 0 amide bonds. The molecular weight excluding hydrogens is 336 g/mol. The first-order valence-electron chi connectivity index (χ1n) is 11.2. The molecular formula is C28H34. The third-order valence-electron chi connectivity index (χ3n) is 6.71. The smallest absolute Gasteiger partial charge is 0.0805 e. The van der Waals surface area contributed by atoms with Crippen molar-refractivity contribution >= 4 is 0 Å². The number of unbranched alkanes of at least 4 members (excludes halogenated alkanes) is 1. The summed E-state index contributed by atoms with van der Waals surface area (Å²) in [5, 5.41) is 0. The Labute approximate surface area is 172 Å². The van der Waals surface area contributed by atoms with Crippen LogP contribution in [-0.4, -0.2) is 0 Å². The fourth-order valence-electron chi connectivity index (χ4n) is 4.71. The standard InChI is InChI=1S/C28H34/c1-4-7-10-26-11-8-9-22-28(26,6-3)27-20-18-25(19-21-27)17-16-24-14-12-23(5-2)13-15-24/h3,8-9,11,18-24,26H,4-5,7,10,12-15H2,1-2H3. The molecule has 2 aliphatic rings. The molecule has 0 nitrogen and oxygen atoms in total. The highest BCUT2D eigenvalue weighted by Gasteiger charge is 2.35. The summed E-state index contributed by atoms with van der Waals surface area (Å²) in [6.45, 7) is 4.55. The number of rotatable bonds is 5. The van der Waals surface area contributed by atoms with Crippen LogP contribution in [0.1, 0.15) is 76.3 Å². The van der Waals surface area contributed by atoms with Gasteiger partial charge in [0, 0.05) is 17.4 Å². The van der Waals surface area contributed by atoms with Crippen molar-refractivity contribution in [2.45, 2.75) is 70.6 Å². The van der Waals surface area contributed by atoms with Gasteiger partial charge in [-0.2, -0.15) is 0 Å². The van der Waals surface area contributed by atoms with Crippen LogP contribution >= 0.6 is 0 Å². The van der Waals surface area contributed by atoms with Gasteiger partial charge in [0.15, 0.2) is 0 Å². The molecule has 2 unspecified atom stereocenters. The van der Waals surface area contributed by atoms with Gasteiger partial charge in [0.2, 0.25) is 0 Å². The summed E-state index contributed by atoms with van der Waals surface area (Å²) in [5.74, 6) is 11.9. The first-order chi connectivity index (χ1) is 13.7. The van der Waals surface area contributed by atoms with E-state index in [-0.39, 0.29) is 5.41 Å². The SMILES string of the molecule is C#CC1(c2ccc(C#CC3CCC(CC)CC3)cc2)C=CC=CC1CCCC. The van der Waals surface area contributed by atoms with Crippen LogP contribution in [0.2, 0.25) is 0 Å². The van der Waals surface area contributed by atoms with Crippen molar-refractivity contribution in [3.8, 4) is 24.2 Å². The van der Waals surface area contributed by atoms with Crippen LogP contribution in [0.3, 0.4) is 0 Å². The van der Waals surface area contributed by atoms with Gasteiger partial charge in [-0.15, -0.1) is 6.42 Å². The van der Waals surface area contributed by atoms with E-state index >= 15 is 0 Å². The Kier molecular flexibility index (Phi) is 7.23. The lowest BCUT2D eigenvalue weighted by Crippen LogP contribution is -2.32. The summed E-state index contributed by atoms with van der Waals surface area (Å²) in [6, 6.07) is 8.70. The fraction of sp³-hybridized carbons (Fsp3) is 0.500. The number of hydrogen-bond donors (Lipinski definition) is 0.